The summed E-state index contributed by atoms with van der Waals surface area (Å²) in [6.07, 6.45) is -0.434. The number of rotatable bonds is 10. The minimum atomic E-state index is -0.434. The molecule has 1 heterocycles. The van der Waals surface area contributed by atoms with Gasteiger partial charge in [0.15, 0.2) is 28.6 Å². The van der Waals surface area contributed by atoms with E-state index < -0.39 is 6.10 Å². The SMILES string of the molecule is COc1ccccc1NC(=O)CSc1nnc(C(C)Oc2ccccc2OC)n1-c1ccccc1. The van der Waals surface area contributed by atoms with Crippen LogP contribution in [-0.4, -0.2) is 40.6 Å². The van der Waals surface area contributed by atoms with Gasteiger partial charge in [-0.2, -0.15) is 0 Å². The lowest BCUT2D eigenvalue weighted by molar-refractivity contribution is -0.113. The van der Waals surface area contributed by atoms with E-state index in [2.05, 4.69) is 15.5 Å². The molecular weight excluding hydrogens is 464 g/mol. The molecule has 8 nitrogen and oxygen atoms in total. The van der Waals surface area contributed by atoms with Crippen molar-refractivity contribution in [1.82, 2.24) is 14.8 Å². The maximum absolute atomic E-state index is 12.7. The van der Waals surface area contributed by atoms with Crippen molar-refractivity contribution < 1.29 is 19.0 Å². The first kappa shape index (κ1) is 24.2. The van der Waals surface area contributed by atoms with Crippen molar-refractivity contribution in [2.24, 2.45) is 0 Å². The molecule has 4 aromatic rings. The highest BCUT2D eigenvalue weighted by molar-refractivity contribution is 7.99. The standard InChI is InChI=1S/C26H26N4O4S/c1-18(34-23-16-10-9-15-22(23)33-3)25-28-29-26(30(25)19-11-5-4-6-12-19)35-17-24(31)27-20-13-7-8-14-21(20)32-2/h4-16,18H,17H2,1-3H3,(H,27,31). The predicted molar refractivity (Wildman–Crippen MR) is 136 cm³/mol. The number of methoxy groups -OCH3 is 2. The van der Waals surface area contributed by atoms with Crippen molar-refractivity contribution in [2.75, 3.05) is 25.3 Å². The third-order valence-electron chi connectivity index (χ3n) is 5.12. The van der Waals surface area contributed by atoms with Crippen molar-refractivity contribution in [1.29, 1.82) is 0 Å². The van der Waals surface area contributed by atoms with E-state index in [0.717, 1.165) is 5.69 Å². The van der Waals surface area contributed by atoms with Crippen LogP contribution in [0.2, 0.25) is 0 Å². The fourth-order valence-electron chi connectivity index (χ4n) is 3.48. The van der Waals surface area contributed by atoms with Crippen molar-refractivity contribution in [2.45, 2.75) is 18.2 Å². The van der Waals surface area contributed by atoms with Gasteiger partial charge in [-0.3, -0.25) is 9.36 Å². The summed E-state index contributed by atoms with van der Waals surface area (Å²) in [6.45, 7) is 1.90. The Hall–Kier alpha value is -3.98. The van der Waals surface area contributed by atoms with Gasteiger partial charge in [0.25, 0.3) is 0 Å². The Kier molecular flexibility index (Phi) is 7.89. The molecule has 1 unspecified atom stereocenters. The first-order valence-corrected chi connectivity index (χ1v) is 12.0. The summed E-state index contributed by atoms with van der Waals surface area (Å²) in [4.78, 5) is 12.7. The smallest absolute Gasteiger partial charge is 0.234 e. The number of nitrogens with zero attached hydrogens (tertiary/aromatic N) is 3. The summed E-state index contributed by atoms with van der Waals surface area (Å²) < 4.78 is 18.8. The van der Waals surface area contributed by atoms with E-state index in [1.54, 1.807) is 26.4 Å². The molecule has 1 N–H and O–H groups in total. The molecule has 180 valence electrons. The molecule has 0 aliphatic rings. The molecule has 1 atom stereocenters. The van der Waals surface area contributed by atoms with Crippen LogP contribution in [0.25, 0.3) is 5.69 Å². The normalized spacial score (nSPS) is 11.5. The number of para-hydroxylation sites is 5. The average Bonchev–Trinajstić information content (AvgIpc) is 3.33. The molecule has 1 amide bonds. The maximum Gasteiger partial charge on any atom is 0.234 e. The number of hydrogen-bond acceptors (Lipinski definition) is 7. The van der Waals surface area contributed by atoms with Gasteiger partial charge in [-0.05, 0) is 43.3 Å². The Labute approximate surface area is 208 Å². The van der Waals surface area contributed by atoms with Crippen molar-refractivity contribution in [3.8, 4) is 22.9 Å². The largest absolute Gasteiger partial charge is 0.495 e. The zero-order valence-corrected chi connectivity index (χ0v) is 20.5. The monoisotopic (exact) mass is 490 g/mol. The molecule has 0 saturated heterocycles. The second-order valence-corrected chi connectivity index (χ2v) is 8.40. The fourth-order valence-corrected chi connectivity index (χ4v) is 4.24. The van der Waals surface area contributed by atoms with Crippen LogP contribution in [0.3, 0.4) is 0 Å². The van der Waals surface area contributed by atoms with E-state index in [4.69, 9.17) is 14.2 Å². The number of benzene rings is 3. The number of ether oxygens (including phenoxy) is 3. The molecule has 9 heteroatoms. The third kappa shape index (κ3) is 5.75. The van der Waals surface area contributed by atoms with Crippen LogP contribution in [0.4, 0.5) is 5.69 Å². The molecular formula is C26H26N4O4S. The molecule has 0 saturated carbocycles. The molecule has 3 aromatic carbocycles. The summed E-state index contributed by atoms with van der Waals surface area (Å²) in [5.41, 5.74) is 1.49. The Morgan fingerprint density at radius 1 is 0.886 bits per heavy atom. The molecule has 0 aliphatic heterocycles. The van der Waals surface area contributed by atoms with Gasteiger partial charge >= 0.3 is 0 Å². The summed E-state index contributed by atoms with van der Waals surface area (Å²) in [7, 11) is 3.17. The molecule has 1 aromatic heterocycles. The molecule has 0 radical (unpaired) electrons. The Morgan fingerprint density at radius 3 is 2.23 bits per heavy atom. The van der Waals surface area contributed by atoms with Gasteiger partial charge in [-0.25, -0.2) is 0 Å². The van der Waals surface area contributed by atoms with Gasteiger partial charge in [-0.1, -0.05) is 54.2 Å². The summed E-state index contributed by atoms with van der Waals surface area (Å²) >= 11 is 1.29. The Morgan fingerprint density at radius 2 is 1.51 bits per heavy atom. The number of hydrogen-bond donors (Lipinski definition) is 1. The highest BCUT2D eigenvalue weighted by atomic mass is 32.2. The molecule has 35 heavy (non-hydrogen) atoms. The minimum absolute atomic E-state index is 0.144. The predicted octanol–water partition coefficient (Wildman–Crippen LogP) is 5.16. The molecule has 0 aliphatic carbocycles. The van der Waals surface area contributed by atoms with Crippen LogP contribution in [-0.2, 0) is 4.79 Å². The molecule has 4 rings (SSSR count). The summed E-state index contributed by atoms with van der Waals surface area (Å²) in [6, 6.07) is 24.5. The first-order valence-electron chi connectivity index (χ1n) is 11.0. The second-order valence-electron chi connectivity index (χ2n) is 7.46. The van der Waals surface area contributed by atoms with Gasteiger partial charge in [0.1, 0.15) is 5.75 Å². The number of nitrogens with one attached hydrogen (secondary N) is 1. The highest BCUT2D eigenvalue weighted by Crippen LogP contribution is 2.32. The zero-order valence-electron chi connectivity index (χ0n) is 19.7. The minimum Gasteiger partial charge on any atom is -0.495 e. The average molecular weight is 491 g/mol. The quantitative estimate of drug-likeness (QED) is 0.307. The van der Waals surface area contributed by atoms with Crippen LogP contribution < -0.4 is 19.5 Å². The number of carbonyl (C=O) groups excluding carboxylic acids is 1. The fraction of sp³-hybridized carbons (Fsp3) is 0.192. The Balaban J connectivity index is 1.55. The van der Waals surface area contributed by atoms with E-state index >= 15 is 0 Å². The highest BCUT2D eigenvalue weighted by Gasteiger charge is 2.22. The number of amides is 1. The molecule has 0 fully saturated rings. The van der Waals surface area contributed by atoms with E-state index in [9.17, 15) is 4.79 Å². The van der Waals surface area contributed by atoms with Crippen LogP contribution >= 0.6 is 11.8 Å². The number of carbonyl (C=O) groups is 1. The summed E-state index contributed by atoms with van der Waals surface area (Å²) in [5, 5.41) is 12.2. The van der Waals surface area contributed by atoms with Crippen molar-refractivity contribution in [3.05, 3.63) is 84.7 Å². The molecule has 0 spiro atoms. The summed E-state index contributed by atoms with van der Waals surface area (Å²) in [5.74, 6) is 2.41. The third-order valence-corrected chi connectivity index (χ3v) is 6.05. The van der Waals surface area contributed by atoms with Gasteiger partial charge < -0.3 is 19.5 Å². The van der Waals surface area contributed by atoms with E-state index in [-0.39, 0.29) is 11.7 Å². The van der Waals surface area contributed by atoms with Crippen LogP contribution in [0.5, 0.6) is 17.2 Å². The van der Waals surface area contributed by atoms with Crippen LogP contribution in [0.15, 0.2) is 84.0 Å². The number of anilines is 1. The topological polar surface area (TPSA) is 87.5 Å². The van der Waals surface area contributed by atoms with Crippen molar-refractivity contribution >= 4 is 23.4 Å². The first-order chi connectivity index (χ1) is 17.1. The molecule has 0 bridgehead atoms. The second kappa shape index (κ2) is 11.4. The van der Waals surface area contributed by atoms with Gasteiger partial charge in [0.05, 0.1) is 25.7 Å². The van der Waals surface area contributed by atoms with Crippen LogP contribution in [0, 0.1) is 0 Å². The maximum atomic E-state index is 12.7. The van der Waals surface area contributed by atoms with Crippen LogP contribution in [0.1, 0.15) is 18.9 Å². The lowest BCUT2D eigenvalue weighted by Crippen LogP contribution is -2.15. The zero-order chi connectivity index (χ0) is 24.6. The van der Waals surface area contributed by atoms with Gasteiger partial charge in [-0.15, -0.1) is 10.2 Å². The van der Waals surface area contributed by atoms with Crippen molar-refractivity contribution in [3.63, 3.8) is 0 Å². The van der Waals surface area contributed by atoms with E-state index in [1.807, 2.05) is 78.2 Å². The van der Waals surface area contributed by atoms with Gasteiger partial charge in [0.2, 0.25) is 5.91 Å². The van der Waals surface area contributed by atoms with E-state index in [0.29, 0.717) is 33.9 Å². The lowest BCUT2D eigenvalue weighted by Gasteiger charge is -2.18. The lowest BCUT2D eigenvalue weighted by atomic mass is 10.3. The Bertz CT molecular complexity index is 1280. The van der Waals surface area contributed by atoms with E-state index in [1.165, 1.54) is 11.8 Å². The number of thioether (sulfide) groups is 1. The van der Waals surface area contributed by atoms with Gasteiger partial charge in [0, 0.05) is 5.69 Å². The number of aromatic nitrogens is 3.